The van der Waals surface area contributed by atoms with Gasteiger partial charge in [0.15, 0.2) is 0 Å². The van der Waals surface area contributed by atoms with E-state index in [0.29, 0.717) is 10.6 Å². The molecule has 1 aliphatic rings. The third-order valence-electron chi connectivity index (χ3n) is 4.39. The van der Waals surface area contributed by atoms with Crippen molar-refractivity contribution in [2.45, 2.75) is 26.7 Å². The van der Waals surface area contributed by atoms with Gasteiger partial charge in [0.1, 0.15) is 10.9 Å². The van der Waals surface area contributed by atoms with Crippen LogP contribution >= 0.6 is 24.2 Å². The molecule has 27 heavy (non-hydrogen) atoms. The van der Waals surface area contributed by atoms with Gasteiger partial charge in [0.25, 0.3) is 0 Å². The summed E-state index contributed by atoms with van der Waals surface area (Å²) in [6.07, 6.45) is 0. The van der Waals surface area contributed by atoms with Crippen LogP contribution < -0.4 is 16.4 Å². The van der Waals surface area contributed by atoms with E-state index in [1.54, 1.807) is 29.2 Å². The van der Waals surface area contributed by atoms with Gasteiger partial charge in [0, 0.05) is 10.6 Å². The number of hydrogen-bond acceptors (Lipinski definition) is 4. The number of carbonyl (C=O) groups is 1. The maximum Gasteiger partial charge on any atom is 0.248 e. The first-order chi connectivity index (χ1) is 12.8. The standard InChI is InChI=1S/C13H10ClN4OS.C6H15N/c14-7-3-1-2-6(4-7)9-8(5-15)11(16)18-13(20)10(9)12(17)19;1-4-7(5-2)6-3/h1-4,9,20H,(H2,16,18)(H2,17,19);4-6H2,1-3H3/q-1;/p+1. The molecule has 0 aromatic heterocycles. The normalized spacial score (nSPS) is 16.4. The highest BCUT2D eigenvalue weighted by Crippen LogP contribution is 2.38. The Labute approximate surface area is 170 Å². The second-order valence-electron chi connectivity index (χ2n) is 5.92. The number of rotatable bonds is 5. The lowest BCUT2D eigenvalue weighted by Crippen LogP contribution is -3.11. The number of thiol groups is 1. The summed E-state index contributed by atoms with van der Waals surface area (Å²) in [4.78, 5) is 17.2. The van der Waals surface area contributed by atoms with Gasteiger partial charge in [-0.25, -0.2) is 4.99 Å². The van der Waals surface area contributed by atoms with Crippen molar-refractivity contribution in [2.24, 2.45) is 16.5 Å². The summed E-state index contributed by atoms with van der Waals surface area (Å²) in [5, 5.41) is 9.86. The summed E-state index contributed by atoms with van der Waals surface area (Å²) in [5.41, 5.74) is 12.0. The molecule has 6 nitrogen and oxygen atoms in total. The number of quaternary nitrogens is 1. The highest BCUT2D eigenvalue weighted by Gasteiger charge is 2.32. The van der Waals surface area contributed by atoms with Gasteiger partial charge in [-0.1, -0.05) is 23.7 Å². The Hall–Kier alpha value is -2.05. The van der Waals surface area contributed by atoms with E-state index in [2.05, 4.69) is 38.4 Å². The largest absolute Gasteiger partial charge is 0.763 e. The van der Waals surface area contributed by atoms with Crippen LogP contribution in [-0.4, -0.2) is 37.2 Å². The lowest BCUT2D eigenvalue weighted by molar-refractivity contribution is -0.894. The van der Waals surface area contributed by atoms with Crippen LogP contribution in [0.3, 0.4) is 0 Å². The molecule has 2 rings (SSSR count). The number of nitrogens with two attached hydrogens (primary N) is 2. The molecule has 1 heterocycles. The number of halogens is 1. The van der Waals surface area contributed by atoms with Gasteiger partial charge in [-0.15, -0.1) is 12.6 Å². The van der Waals surface area contributed by atoms with Crippen molar-refractivity contribution in [2.75, 3.05) is 19.6 Å². The highest BCUT2D eigenvalue weighted by atomic mass is 35.5. The molecule has 1 aliphatic heterocycles. The molecule has 1 unspecified atom stereocenters. The molecule has 1 aromatic carbocycles. The van der Waals surface area contributed by atoms with Crippen molar-refractivity contribution in [1.82, 2.24) is 0 Å². The molecule has 8 heteroatoms. The van der Waals surface area contributed by atoms with Crippen LogP contribution in [0.1, 0.15) is 32.3 Å². The molecule has 1 amide bonds. The number of amides is 1. The minimum Gasteiger partial charge on any atom is -0.763 e. The third-order valence-corrected chi connectivity index (χ3v) is 4.96. The van der Waals surface area contributed by atoms with E-state index in [4.69, 9.17) is 23.1 Å². The van der Waals surface area contributed by atoms with E-state index < -0.39 is 11.8 Å². The smallest absolute Gasteiger partial charge is 0.248 e. The second-order valence-corrected chi connectivity index (χ2v) is 6.78. The number of aliphatic imine (C=N–C) groups is 1. The molecular formula is C19H26ClN5OS. The predicted molar refractivity (Wildman–Crippen MR) is 115 cm³/mol. The first-order valence-electron chi connectivity index (χ1n) is 8.73. The Balaban J connectivity index is 0.000000445. The number of carbonyl (C=O) groups excluding carboxylic acids is 1. The van der Waals surface area contributed by atoms with Gasteiger partial charge in [0.05, 0.1) is 31.1 Å². The maximum absolute atomic E-state index is 11.7. The fraction of sp³-hybridized carbons (Fsp3) is 0.368. The van der Waals surface area contributed by atoms with Gasteiger partial charge < -0.3 is 21.8 Å². The van der Waals surface area contributed by atoms with E-state index in [9.17, 15) is 10.2 Å². The zero-order chi connectivity index (χ0) is 20.6. The van der Waals surface area contributed by atoms with E-state index in [-0.39, 0.29) is 22.0 Å². The SMILES string of the molecule is CC[NH+](CC)CC.[N-]=C=C1C(N)=NC(S)=C(C(N)=O)C1c1cccc(Cl)c1. The molecule has 1 atom stereocenters. The number of nitrogens with one attached hydrogen (secondary N) is 1. The zero-order valence-electron chi connectivity index (χ0n) is 15.8. The number of nitrogens with zero attached hydrogens (tertiary/aromatic N) is 2. The fourth-order valence-corrected chi connectivity index (χ4v) is 3.35. The summed E-state index contributed by atoms with van der Waals surface area (Å²) >= 11 is 10.1. The average Bonchev–Trinajstić information content (AvgIpc) is 2.62. The first-order valence-corrected chi connectivity index (χ1v) is 9.56. The molecule has 0 fully saturated rings. The van der Waals surface area contributed by atoms with Crippen LogP contribution in [0.5, 0.6) is 0 Å². The summed E-state index contributed by atoms with van der Waals surface area (Å²) in [6, 6.07) is 6.78. The Morgan fingerprint density at radius 3 is 2.33 bits per heavy atom. The van der Waals surface area contributed by atoms with Gasteiger partial charge >= 0.3 is 0 Å². The van der Waals surface area contributed by atoms with Gasteiger partial charge in [0.2, 0.25) is 5.91 Å². The molecule has 5 N–H and O–H groups in total. The molecule has 0 aliphatic carbocycles. The monoisotopic (exact) mass is 407 g/mol. The van der Waals surface area contributed by atoms with Crippen LogP contribution in [0.15, 0.2) is 45.4 Å². The number of amidine groups is 1. The van der Waals surface area contributed by atoms with Crippen molar-refractivity contribution in [1.29, 1.82) is 0 Å². The Kier molecular flexibility index (Phi) is 9.32. The van der Waals surface area contributed by atoms with Crippen molar-refractivity contribution in [3.8, 4) is 0 Å². The molecule has 0 spiro atoms. The number of hydrogen-bond donors (Lipinski definition) is 4. The van der Waals surface area contributed by atoms with Gasteiger partial charge in [-0.2, -0.15) is 0 Å². The molecular weight excluding hydrogens is 382 g/mol. The Morgan fingerprint density at radius 1 is 1.33 bits per heavy atom. The van der Waals surface area contributed by atoms with Crippen LogP contribution in [0.25, 0.3) is 5.41 Å². The molecule has 0 radical (unpaired) electrons. The number of primary amides is 1. The Bertz CT molecular complexity index is 790. The Morgan fingerprint density at radius 2 is 1.93 bits per heavy atom. The first kappa shape index (κ1) is 23.0. The van der Waals surface area contributed by atoms with E-state index in [0.717, 1.165) is 0 Å². The van der Waals surface area contributed by atoms with Crippen molar-refractivity contribution in [3.63, 3.8) is 0 Å². The van der Waals surface area contributed by atoms with E-state index >= 15 is 0 Å². The minimum absolute atomic E-state index is 0.0208. The fourth-order valence-electron chi connectivity index (χ4n) is 2.80. The summed E-state index contributed by atoms with van der Waals surface area (Å²) in [7, 11) is 0. The quantitative estimate of drug-likeness (QED) is 0.438. The van der Waals surface area contributed by atoms with Crippen LogP contribution in [-0.2, 0) is 4.79 Å². The van der Waals surface area contributed by atoms with Gasteiger partial charge in [-0.3, -0.25) is 10.7 Å². The van der Waals surface area contributed by atoms with E-state index in [1.165, 1.54) is 19.6 Å². The second kappa shape index (κ2) is 10.9. The predicted octanol–water partition coefficient (Wildman–Crippen LogP) is 1.52. The number of benzene rings is 1. The summed E-state index contributed by atoms with van der Waals surface area (Å²) < 4.78 is 0. The summed E-state index contributed by atoms with van der Waals surface area (Å²) in [5.74, 6) is 0.578. The third kappa shape index (κ3) is 5.97. The van der Waals surface area contributed by atoms with E-state index in [1.807, 2.05) is 5.87 Å². The highest BCUT2D eigenvalue weighted by molar-refractivity contribution is 7.84. The maximum atomic E-state index is 11.7. The van der Waals surface area contributed by atoms with Crippen LogP contribution in [0.2, 0.25) is 5.02 Å². The van der Waals surface area contributed by atoms with Crippen molar-refractivity contribution < 1.29 is 9.69 Å². The van der Waals surface area contributed by atoms with Crippen molar-refractivity contribution >= 4 is 41.8 Å². The van der Waals surface area contributed by atoms with Crippen LogP contribution in [0, 0.1) is 0 Å². The molecule has 0 bridgehead atoms. The molecule has 1 aromatic rings. The molecule has 0 saturated carbocycles. The zero-order valence-corrected chi connectivity index (χ0v) is 17.4. The molecule has 146 valence electrons. The van der Waals surface area contributed by atoms with Gasteiger partial charge in [-0.05, 0) is 38.5 Å². The lowest BCUT2D eigenvalue weighted by atomic mass is 9.83. The van der Waals surface area contributed by atoms with Crippen molar-refractivity contribution in [3.05, 3.63) is 56.4 Å². The topological polar surface area (TPSA) is 108 Å². The minimum atomic E-state index is -0.707. The van der Waals surface area contributed by atoms with Crippen LogP contribution in [0.4, 0.5) is 0 Å². The average molecular weight is 408 g/mol. The molecule has 0 saturated heterocycles. The summed E-state index contributed by atoms with van der Waals surface area (Å²) in [6.45, 7) is 10.5. The lowest BCUT2D eigenvalue weighted by Gasteiger charge is -2.26.